The number of methoxy groups -OCH3 is 1. The van der Waals surface area contributed by atoms with E-state index in [0.29, 0.717) is 0 Å². The predicted octanol–water partition coefficient (Wildman–Crippen LogP) is 1.99. The third-order valence-corrected chi connectivity index (χ3v) is 3.31. The summed E-state index contributed by atoms with van der Waals surface area (Å²) in [6.45, 7) is 3.10. The van der Waals surface area contributed by atoms with E-state index in [2.05, 4.69) is 24.0 Å². The van der Waals surface area contributed by atoms with Crippen molar-refractivity contribution in [3.63, 3.8) is 0 Å². The van der Waals surface area contributed by atoms with Gasteiger partial charge in [-0.25, -0.2) is 0 Å². The number of ether oxygens (including phenoxy) is 1. The minimum absolute atomic E-state index is 0.0554. The number of esters is 1. The molecular formula is C13H17NO2. The van der Waals surface area contributed by atoms with Crippen LogP contribution in [-0.4, -0.2) is 30.6 Å². The van der Waals surface area contributed by atoms with Crippen LogP contribution in [0.3, 0.4) is 0 Å². The van der Waals surface area contributed by atoms with Crippen molar-refractivity contribution in [2.24, 2.45) is 0 Å². The van der Waals surface area contributed by atoms with Gasteiger partial charge in [0.1, 0.15) is 6.04 Å². The Morgan fingerprint density at radius 2 is 2.12 bits per heavy atom. The van der Waals surface area contributed by atoms with Crippen molar-refractivity contribution in [2.75, 3.05) is 13.7 Å². The van der Waals surface area contributed by atoms with Crippen molar-refractivity contribution in [3.8, 4) is 0 Å². The molecule has 0 N–H and O–H groups in total. The molecule has 0 bridgehead atoms. The zero-order valence-corrected chi connectivity index (χ0v) is 9.72. The molecule has 0 spiro atoms. The number of likely N-dealkylation sites (tertiary alicyclic amines) is 1. The second-order valence-electron chi connectivity index (χ2n) is 4.15. The molecule has 2 rings (SSSR count). The van der Waals surface area contributed by atoms with Gasteiger partial charge in [0.25, 0.3) is 0 Å². The molecule has 1 aliphatic rings. The van der Waals surface area contributed by atoms with Gasteiger partial charge in [-0.3, -0.25) is 9.69 Å². The number of carbonyl (C=O) groups excluding carboxylic acids is 1. The number of hydrogen-bond acceptors (Lipinski definition) is 3. The van der Waals surface area contributed by atoms with Crippen molar-refractivity contribution >= 4 is 5.97 Å². The topological polar surface area (TPSA) is 29.5 Å². The zero-order chi connectivity index (χ0) is 11.5. The summed E-state index contributed by atoms with van der Waals surface area (Å²) in [7, 11) is 1.45. The molecule has 1 aromatic rings. The van der Waals surface area contributed by atoms with Crippen LogP contribution in [0, 0.1) is 0 Å². The molecule has 1 heterocycles. The van der Waals surface area contributed by atoms with Gasteiger partial charge >= 0.3 is 5.97 Å². The minimum Gasteiger partial charge on any atom is -0.468 e. The number of nitrogens with zero attached hydrogens (tertiary/aromatic N) is 1. The van der Waals surface area contributed by atoms with E-state index >= 15 is 0 Å². The van der Waals surface area contributed by atoms with E-state index in [1.807, 2.05) is 18.2 Å². The van der Waals surface area contributed by atoms with E-state index in [0.717, 1.165) is 13.0 Å². The maximum atomic E-state index is 11.5. The molecule has 2 atom stereocenters. The lowest BCUT2D eigenvalue weighted by Crippen LogP contribution is -2.53. The molecule has 1 unspecified atom stereocenters. The molecule has 0 amide bonds. The van der Waals surface area contributed by atoms with Crippen LogP contribution in [0.1, 0.15) is 24.9 Å². The SMILES string of the molecule is COC(=O)C1CCN1[C@H](C)c1ccccc1. The molecular weight excluding hydrogens is 202 g/mol. The summed E-state index contributed by atoms with van der Waals surface area (Å²) in [6.07, 6.45) is 0.907. The number of rotatable bonds is 3. The first-order valence-corrected chi connectivity index (χ1v) is 5.62. The fourth-order valence-electron chi connectivity index (χ4n) is 2.18. The summed E-state index contributed by atoms with van der Waals surface area (Å²) in [5, 5.41) is 0. The van der Waals surface area contributed by atoms with Gasteiger partial charge in [0.2, 0.25) is 0 Å². The second kappa shape index (κ2) is 4.66. The Balaban J connectivity index is 2.06. The van der Waals surface area contributed by atoms with Crippen LogP contribution in [-0.2, 0) is 9.53 Å². The van der Waals surface area contributed by atoms with Crippen molar-refractivity contribution in [3.05, 3.63) is 35.9 Å². The largest absolute Gasteiger partial charge is 0.468 e. The molecule has 1 fully saturated rings. The van der Waals surface area contributed by atoms with Crippen LogP contribution < -0.4 is 0 Å². The van der Waals surface area contributed by atoms with E-state index in [9.17, 15) is 4.79 Å². The van der Waals surface area contributed by atoms with Gasteiger partial charge < -0.3 is 4.74 Å². The standard InChI is InChI=1S/C13H17NO2/c1-10(11-6-4-3-5-7-11)14-9-8-12(14)13(15)16-2/h3-7,10,12H,8-9H2,1-2H3/t10-,12?/m1/s1. The molecule has 0 radical (unpaired) electrons. The molecule has 3 nitrogen and oxygen atoms in total. The van der Waals surface area contributed by atoms with E-state index < -0.39 is 0 Å². The molecule has 0 aliphatic carbocycles. The molecule has 0 saturated carbocycles. The lowest BCUT2D eigenvalue weighted by atomic mass is 9.96. The summed E-state index contributed by atoms with van der Waals surface area (Å²) in [4.78, 5) is 13.7. The van der Waals surface area contributed by atoms with Gasteiger partial charge in [-0.15, -0.1) is 0 Å². The maximum Gasteiger partial charge on any atom is 0.323 e. The highest BCUT2D eigenvalue weighted by Crippen LogP contribution is 2.30. The second-order valence-corrected chi connectivity index (χ2v) is 4.15. The first kappa shape index (κ1) is 11.1. The van der Waals surface area contributed by atoms with Crippen molar-refractivity contribution in [1.82, 2.24) is 4.90 Å². The van der Waals surface area contributed by atoms with Crippen molar-refractivity contribution < 1.29 is 9.53 Å². The summed E-state index contributed by atoms with van der Waals surface area (Å²) < 4.78 is 4.79. The predicted molar refractivity (Wildman–Crippen MR) is 62.0 cm³/mol. The third kappa shape index (κ3) is 1.95. The Bertz CT molecular complexity index is 363. The number of carbonyl (C=O) groups is 1. The van der Waals surface area contributed by atoms with Gasteiger partial charge in [-0.05, 0) is 18.9 Å². The fraction of sp³-hybridized carbons (Fsp3) is 0.462. The van der Waals surface area contributed by atoms with Crippen LogP contribution in [0.5, 0.6) is 0 Å². The van der Waals surface area contributed by atoms with E-state index in [-0.39, 0.29) is 18.1 Å². The Kier molecular flexibility index (Phi) is 3.25. The summed E-state index contributed by atoms with van der Waals surface area (Å²) in [5.41, 5.74) is 1.25. The van der Waals surface area contributed by atoms with E-state index in [1.165, 1.54) is 12.7 Å². The molecule has 86 valence electrons. The molecule has 1 saturated heterocycles. The third-order valence-electron chi connectivity index (χ3n) is 3.31. The Hall–Kier alpha value is -1.35. The Morgan fingerprint density at radius 1 is 1.44 bits per heavy atom. The first-order valence-electron chi connectivity index (χ1n) is 5.62. The molecule has 16 heavy (non-hydrogen) atoms. The molecule has 1 aromatic carbocycles. The first-order chi connectivity index (χ1) is 7.74. The summed E-state index contributed by atoms with van der Waals surface area (Å²) in [6, 6.07) is 10.5. The van der Waals surface area contributed by atoms with Crippen LogP contribution in [0.15, 0.2) is 30.3 Å². The molecule has 3 heteroatoms. The van der Waals surface area contributed by atoms with Crippen molar-refractivity contribution in [2.45, 2.75) is 25.4 Å². The highest BCUT2D eigenvalue weighted by Gasteiger charge is 2.38. The molecule has 0 aromatic heterocycles. The lowest BCUT2D eigenvalue weighted by Gasteiger charge is -2.43. The highest BCUT2D eigenvalue weighted by atomic mass is 16.5. The monoisotopic (exact) mass is 219 g/mol. The maximum absolute atomic E-state index is 11.5. The quantitative estimate of drug-likeness (QED) is 0.728. The fourth-order valence-corrected chi connectivity index (χ4v) is 2.18. The number of hydrogen-bond donors (Lipinski definition) is 0. The lowest BCUT2D eigenvalue weighted by molar-refractivity contribution is -0.153. The minimum atomic E-state index is -0.117. The average Bonchev–Trinajstić information content (AvgIpc) is 2.28. The van der Waals surface area contributed by atoms with E-state index in [4.69, 9.17) is 4.74 Å². The smallest absolute Gasteiger partial charge is 0.323 e. The molecule has 1 aliphatic heterocycles. The van der Waals surface area contributed by atoms with Crippen molar-refractivity contribution in [1.29, 1.82) is 0 Å². The summed E-state index contributed by atoms with van der Waals surface area (Å²) >= 11 is 0. The van der Waals surface area contributed by atoms with Crippen LogP contribution in [0.25, 0.3) is 0 Å². The average molecular weight is 219 g/mol. The van der Waals surface area contributed by atoms with Gasteiger partial charge in [0.15, 0.2) is 0 Å². The van der Waals surface area contributed by atoms with Crippen LogP contribution >= 0.6 is 0 Å². The summed E-state index contributed by atoms with van der Waals surface area (Å²) in [5.74, 6) is -0.117. The normalized spacial score (nSPS) is 22.2. The Morgan fingerprint density at radius 3 is 2.62 bits per heavy atom. The van der Waals surface area contributed by atoms with E-state index in [1.54, 1.807) is 0 Å². The van der Waals surface area contributed by atoms with Gasteiger partial charge in [-0.2, -0.15) is 0 Å². The highest BCUT2D eigenvalue weighted by molar-refractivity contribution is 5.76. The Labute approximate surface area is 96.0 Å². The van der Waals surface area contributed by atoms with Gasteiger partial charge in [0, 0.05) is 12.6 Å². The van der Waals surface area contributed by atoms with Gasteiger partial charge in [0.05, 0.1) is 7.11 Å². The van der Waals surface area contributed by atoms with Crippen LogP contribution in [0.4, 0.5) is 0 Å². The van der Waals surface area contributed by atoms with Gasteiger partial charge in [-0.1, -0.05) is 30.3 Å². The van der Waals surface area contributed by atoms with Crippen LogP contribution in [0.2, 0.25) is 0 Å². The zero-order valence-electron chi connectivity index (χ0n) is 9.72. The number of benzene rings is 1.